The smallest absolute Gasteiger partial charge is 0.407 e. The number of nitrogens with one attached hydrogen (secondary N) is 1. The minimum atomic E-state index is -4.35. The molecule has 2 aromatic rings. The van der Waals surface area contributed by atoms with E-state index in [9.17, 15) is 13.2 Å². The van der Waals surface area contributed by atoms with Gasteiger partial charge in [0, 0.05) is 13.6 Å². The zero-order valence-corrected chi connectivity index (χ0v) is 12.8. The summed E-state index contributed by atoms with van der Waals surface area (Å²) in [4.78, 5) is 1.60. The molecule has 1 N–H and O–H groups in total. The van der Waals surface area contributed by atoms with Gasteiger partial charge in [-0.3, -0.25) is 0 Å². The van der Waals surface area contributed by atoms with E-state index < -0.39 is 11.7 Å². The van der Waals surface area contributed by atoms with E-state index in [-0.39, 0.29) is 25.0 Å². The normalized spacial score (nSPS) is 11.1. The molecule has 1 aromatic heterocycles. The third kappa shape index (κ3) is 4.60. The molecule has 0 bridgehead atoms. The SMILES string of the molecule is CNCc1nnc(N(C)Cc2cccc(C(F)(F)F)c2)o1.Cl. The number of alkyl halides is 3. The van der Waals surface area contributed by atoms with E-state index in [1.165, 1.54) is 6.07 Å². The Hall–Kier alpha value is -1.80. The van der Waals surface area contributed by atoms with Crippen molar-refractivity contribution in [3.8, 4) is 0 Å². The summed E-state index contributed by atoms with van der Waals surface area (Å²) in [6.45, 7) is 0.676. The zero-order valence-electron chi connectivity index (χ0n) is 12.0. The van der Waals surface area contributed by atoms with Gasteiger partial charge in [0.15, 0.2) is 0 Å². The van der Waals surface area contributed by atoms with Crippen molar-refractivity contribution in [2.75, 3.05) is 19.0 Å². The van der Waals surface area contributed by atoms with Crippen LogP contribution in [0, 0.1) is 0 Å². The second kappa shape index (κ2) is 7.46. The molecule has 9 heteroatoms. The van der Waals surface area contributed by atoms with E-state index in [4.69, 9.17) is 4.42 Å². The Balaban J connectivity index is 0.00000242. The number of aromatic nitrogens is 2. The summed E-state index contributed by atoms with van der Waals surface area (Å²) in [6.07, 6.45) is -4.35. The van der Waals surface area contributed by atoms with Crippen LogP contribution in [0.5, 0.6) is 0 Å². The van der Waals surface area contributed by atoms with Gasteiger partial charge in [-0.05, 0) is 24.7 Å². The predicted molar refractivity (Wildman–Crippen MR) is 77.9 cm³/mol. The first-order chi connectivity index (χ1) is 9.90. The number of nitrogens with zero attached hydrogens (tertiary/aromatic N) is 3. The van der Waals surface area contributed by atoms with E-state index in [2.05, 4.69) is 15.5 Å². The van der Waals surface area contributed by atoms with Gasteiger partial charge >= 0.3 is 12.2 Å². The quantitative estimate of drug-likeness (QED) is 0.910. The molecule has 5 nitrogen and oxygen atoms in total. The molecule has 0 atom stereocenters. The minimum absolute atomic E-state index is 0. The molecule has 0 aliphatic carbocycles. The lowest BCUT2D eigenvalue weighted by atomic mass is 10.1. The molecule has 0 saturated carbocycles. The molecule has 0 aliphatic rings. The largest absolute Gasteiger partial charge is 0.416 e. The molecule has 0 unspecified atom stereocenters. The van der Waals surface area contributed by atoms with Crippen LogP contribution in [0.2, 0.25) is 0 Å². The molecule has 1 aromatic carbocycles. The van der Waals surface area contributed by atoms with E-state index in [1.54, 1.807) is 25.1 Å². The molecule has 2 rings (SSSR count). The molecule has 1 heterocycles. The number of hydrogen-bond donors (Lipinski definition) is 1. The Morgan fingerprint density at radius 1 is 1.27 bits per heavy atom. The van der Waals surface area contributed by atoms with Crippen molar-refractivity contribution in [1.29, 1.82) is 0 Å². The van der Waals surface area contributed by atoms with Gasteiger partial charge in [-0.25, -0.2) is 0 Å². The summed E-state index contributed by atoms with van der Waals surface area (Å²) < 4.78 is 43.3. The Morgan fingerprint density at radius 3 is 2.64 bits per heavy atom. The number of anilines is 1. The van der Waals surface area contributed by atoms with Crippen LogP contribution in [-0.4, -0.2) is 24.3 Å². The van der Waals surface area contributed by atoms with Crippen LogP contribution in [0.4, 0.5) is 19.2 Å². The van der Waals surface area contributed by atoms with Crippen molar-refractivity contribution in [2.24, 2.45) is 0 Å². The molecular formula is C13H16ClF3N4O. The van der Waals surface area contributed by atoms with Crippen molar-refractivity contribution in [2.45, 2.75) is 19.3 Å². The highest BCUT2D eigenvalue weighted by Gasteiger charge is 2.30. The highest BCUT2D eigenvalue weighted by molar-refractivity contribution is 5.85. The van der Waals surface area contributed by atoms with Crippen LogP contribution in [0.15, 0.2) is 28.7 Å². The number of rotatable bonds is 5. The molecular weight excluding hydrogens is 321 g/mol. The van der Waals surface area contributed by atoms with Crippen molar-refractivity contribution in [1.82, 2.24) is 15.5 Å². The van der Waals surface area contributed by atoms with Crippen molar-refractivity contribution >= 4 is 18.4 Å². The maximum Gasteiger partial charge on any atom is 0.416 e. The molecule has 0 saturated heterocycles. The van der Waals surface area contributed by atoms with Crippen molar-refractivity contribution < 1.29 is 17.6 Å². The first-order valence-corrected chi connectivity index (χ1v) is 6.24. The Morgan fingerprint density at radius 2 is 2.00 bits per heavy atom. The standard InChI is InChI=1S/C13H15F3N4O.ClH/c1-17-7-11-18-19-12(21-11)20(2)8-9-4-3-5-10(6-9)13(14,15)16;/h3-6,17H,7-8H2,1-2H3;1H. The third-order valence-electron chi connectivity index (χ3n) is 2.78. The third-order valence-corrected chi connectivity index (χ3v) is 2.78. The van der Waals surface area contributed by atoms with Gasteiger partial charge in [0.25, 0.3) is 0 Å². The van der Waals surface area contributed by atoms with Gasteiger partial charge in [-0.15, -0.1) is 17.5 Å². The fourth-order valence-electron chi connectivity index (χ4n) is 1.81. The highest BCUT2D eigenvalue weighted by Crippen LogP contribution is 2.29. The maximum absolute atomic E-state index is 12.7. The number of benzene rings is 1. The van der Waals surface area contributed by atoms with Gasteiger partial charge in [0.2, 0.25) is 5.89 Å². The van der Waals surface area contributed by atoms with Gasteiger partial charge in [-0.2, -0.15) is 13.2 Å². The Bertz CT molecular complexity index is 603. The lowest BCUT2D eigenvalue weighted by molar-refractivity contribution is -0.137. The molecule has 122 valence electrons. The average molecular weight is 337 g/mol. The summed E-state index contributed by atoms with van der Waals surface area (Å²) >= 11 is 0. The summed E-state index contributed by atoms with van der Waals surface area (Å²) in [6, 6.07) is 5.42. The monoisotopic (exact) mass is 336 g/mol. The fraction of sp³-hybridized carbons (Fsp3) is 0.385. The molecule has 0 aliphatic heterocycles. The molecule has 0 radical (unpaired) electrons. The summed E-state index contributed by atoms with van der Waals surface area (Å²) in [5.41, 5.74) is -0.157. The minimum Gasteiger partial charge on any atom is -0.407 e. The van der Waals surface area contributed by atoms with Crippen LogP contribution in [-0.2, 0) is 19.3 Å². The van der Waals surface area contributed by atoms with Crippen LogP contribution in [0.3, 0.4) is 0 Å². The second-order valence-electron chi connectivity index (χ2n) is 4.56. The van der Waals surface area contributed by atoms with Crippen LogP contribution < -0.4 is 10.2 Å². The second-order valence-corrected chi connectivity index (χ2v) is 4.56. The maximum atomic E-state index is 12.7. The first-order valence-electron chi connectivity index (χ1n) is 6.24. The molecule has 0 fully saturated rings. The highest BCUT2D eigenvalue weighted by atomic mass is 35.5. The number of hydrogen-bond acceptors (Lipinski definition) is 5. The van der Waals surface area contributed by atoms with E-state index in [0.29, 0.717) is 18.0 Å². The van der Waals surface area contributed by atoms with E-state index >= 15 is 0 Å². The van der Waals surface area contributed by atoms with Crippen molar-refractivity contribution in [3.05, 3.63) is 41.3 Å². The summed E-state index contributed by atoms with van der Waals surface area (Å²) in [7, 11) is 3.42. The summed E-state index contributed by atoms with van der Waals surface area (Å²) in [5, 5.41) is 10.5. The Kier molecular flexibility index (Phi) is 6.19. The van der Waals surface area contributed by atoms with Crippen LogP contribution in [0.1, 0.15) is 17.0 Å². The average Bonchev–Trinajstić information content (AvgIpc) is 2.87. The topological polar surface area (TPSA) is 54.2 Å². The molecule has 22 heavy (non-hydrogen) atoms. The van der Waals surface area contributed by atoms with E-state index in [1.807, 2.05) is 0 Å². The van der Waals surface area contributed by atoms with Crippen molar-refractivity contribution in [3.63, 3.8) is 0 Å². The Labute approximate surface area is 131 Å². The molecule has 0 amide bonds. The number of halogens is 4. The lowest BCUT2D eigenvalue weighted by Crippen LogP contribution is -2.17. The zero-order chi connectivity index (χ0) is 15.5. The van der Waals surface area contributed by atoms with Gasteiger partial charge in [-0.1, -0.05) is 17.2 Å². The first kappa shape index (κ1) is 18.2. The van der Waals surface area contributed by atoms with Crippen LogP contribution in [0.25, 0.3) is 0 Å². The van der Waals surface area contributed by atoms with Crippen LogP contribution >= 0.6 is 12.4 Å². The van der Waals surface area contributed by atoms with Gasteiger partial charge in [0.1, 0.15) is 0 Å². The van der Waals surface area contributed by atoms with Gasteiger partial charge < -0.3 is 14.6 Å². The molecule has 0 spiro atoms. The van der Waals surface area contributed by atoms with E-state index in [0.717, 1.165) is 12.1 Å². The fourth-order valence-corrected chi connectivity index (χ4v) is 1.81. The predicted octanol–water partition coefficient (Wildman–Crippen LogP) is 2.87. The summed E-state index contributed by atoms with van der Waals surface area (Å²) in [5.74, 6) is 0.420. The van der Waals surface area contributed by atoms with Gasteiger partial charge in [0.05, 0.1) is 12.1 Å². The lowest BCUT2D eigenvalue weighted by Gasteiger charge is -2.15.